The average Bonchev–Trinajstić information content (AvgIpc) is 3.10. The number of aromatic amines is 1. The van der Waals surface area contributed by atoms with Crippen LogP contribution in [-0.2, 0) is 17.8 Å². The topological polar surface area (TPSA) is 54.9 Å². The number of nitrogens with one attached hydrogen (secondary N) is 2. The van der Waals surface area contributed by atoms with Gasteiger partial charge in [-0.15, -0.1) is 0 Å². The first-order valence-corrected chi connectivity index (χ1v) is 6.67. The predicted molar refractivity (Wildman–Crippen MR) is 79.7 cm³/mol. The minimum Gasteiger partial charge on any atom is -0.383 e. The molecule has 5 nitrogen and oxygen atoms in total. The molecule has 0 spiro atoms. The van der Waals surface area contributed by atoms with Crippen LogP contribution in [0, 0.1) is 0 Å². The van der Waals surface area contributed by atoms with Gasteiger partial charge in [0.15, 0.2) is 0 Å². The van der Waals surface area contributed by atoms with Gasteiger partial charge in [-0.25, -0.2) is 0 Å². The Hall–Kier alpha value is -2.27. The van der Waals surface area contributed by atoms with Crippen molar-refractivity contribution in [3.8, 4) is 0 Å². The summed E-state index contributed by atoms with van der Waals surface area (Å²) in [6.07, 6.45) is 5.88. The van der Waals surface area contributed by atoms with Crippen LogP contribution >= 0.6 is 0 Å². The van der Waals surface area contributed by atoms with Crippen molar-refractivity contribution in [1.29, 1.82) is 0 Å². The van der Waals surface area contributed by atoms with Crippen molar-refractivity contribution >= 4 is 16.6 Å². The molecule has 0 aliphatic carbocycles. The molecule has 0 unspecified atom stereocenters. The molecule has 0 aliphatic heterocycles. The highest BCUT2D eigenvalue weighted by atomic mass is 16.5. The van der Waals surface area contributed by atoms with Gasteiger partial charge in [0, 0.05) is 37.0 Å². The fourth-order valence-corrected chi connectivity index (χ4v) is 2.24. The second-order valence-electron chi connectivity index (χ2n) is 4.70. The van der Waals surface area contributed by atoms with E-state index in [9.17, 15) is 0 Å². The minimum absolute atomic E-state index is 0.670. The van der Waals surface area contributed by atoms with Gasteiger partial charge in [0.1, 0.15) is 0 Å². The Morgan fingerprint density at radius 1 is 1.35 bits per heavy atom. The molecule has 0 saturated carbocycles. The van der Waals surface area contributed by atoms with E-state index in [4.69, 9.17) is 4.74 Å². The molecule has 0 fully saturated rings. The molecule has 5 heteroatoms. The Balaban J connectivity index is 1.65. The first-order chi connectivity index (χ1) is 9.86. The number of rotatable bonds is 6. The Labute approximate surface area is 117 Å². The van der Waals surface area contributed by atoms with Gasteiger partial charge in [0.25, 0.3) is 0 Å². The van der Waals surface area contributed by atoms with Gasteiger partial charge < -0.3 is 15.0 Å². The van der Waals surface area contributed by atoms with Crippen molar-refractivity contribution in [2.24, 2.45) is 0 Å². The van der Waals surface area contributed by atoms with E-state index in [1.165, 1.54) is 16.5 Å². The van der Waals surface area contributed by atoms with Crippen molar-refractivity contribution in [3.05, 3.63) is 48.4 Å². The minimum atomic E-state index is 0.670. The van der Waals surface area contributed by atoms with Crippen LogP contribution in [0.15, 0.2) is 42.9 Å². The standard InChI is InChI=1S/C15H18N4O/c1-20-7-6-19-11-13(10-18-19)16-8-12-9-17-15-5-3-2-4-14(12)15/h2-5,9-11,16-17H,6-8H2,1H3. The molecule has 0 amide bonds. The number of anilines is 1. The zero-order valence-corrected chi connectivity index (χ0v) is 11.5. The molecule has 0 bridgehead atoms. The lowest BCUT2D eigenvalue weighted by molar-refractivity contribution is 0.183. The van der Waals surface area contributed by atoms with E-state index in [1.54, 1.807) is 7.11 Å². The number of ether oxygens (including phenoxy) is 1. The third-order valence-electron chi connectivity index (χ3n) is 3.32. The molecule has 0 saturated heterocycles. The van der Waals surface area contributed by atoms with E-state index < -0.39 is 0 Å². The summed E-state index contributed by atoms with van der Waals surface area (Å²) < 4.78 is 6.91. The van der Waals surface area contributed by atoms with E-state index in [0.717, 1.165) is 18.8 Å². The number of para-hydroxylation sites is 1. The van der Waals surface area contributed by atoms with Crippen LogP contribution in [0.5, 0.6) is 0 Å². The third-order valence-corrected chi connectivity index (χ3v) is 3.32. The van der Waals surface area contributed by atoms with Crippen LogP contribution < -0.4 is 5.32 Å². The maximum absolute atomic E-state index is 5.04. The van der Waals surface area contributed by atoms with Crippen molar-refractivity contribution in [2.45, 2.75) is 13.1 Å². The molecule has 2 heterocycles. The molecule has 3 rings (SSSR count). The zero-order chi connectivity index (χ0) is 13.8. The van der Waals surface area contributed by atoms with E-state index in [-0.39, 0.29) is 0 Å². The lowest BCUT2D eigenvalue weighted by Gasteiger charge is -2.02. The maximum atomic E-state index is 5.04. The van der Waals surface area contributed by atoms with E-state index in [1.807, 2.05) is 29.3 Å². The van der Waals surface area contributed by atoms with E-state index in [2.05, 4.69) is 33.6 Å². The number of fused-ring (bicyclic) bond motifs is 1. The number of aromatic nitrogens is 3. The summed E-state index contributed by atoms with van der Waals surface area (Å²) in [5, 5.41) is 8.93. The fraction of sp³-hybridized carbons (Fsp3) is 0.267. The summed E-state index contributed by atoms with van der Waals surface area (Å²) in [7, 11) is 1.69. The predicted octanol–water partition coefficient (Wildman–Crippen LogP) is 2.62. The fourth-order valence-electron chi connectivity index (χ4n) is 2.24. The van der Waals surface area contributed by atoms with Crippen molar-refractivity contribution in [3.63, 3.8) is 0 Å². The Kier molecular flexibility index (Phi) is 3.69. The third kappa shape index (κ3) is 2.67. The molecule has 2 N–H and O–H groups in total. The number of methoxy groups -OCH3 is 1. The maximum Gasteiger partial charge on any atom is 0.0729 e. The van der Waals surface area contributed by atoms with Crippen molar-refractivity contribution in [2.75, 3.05) is 19.0 Å². The SMILES string of the molecule is COCCn1cc(NCc2c[nH]c3ccccc23)cn1. The summed E-state index contributed by atoms with van der Waals surface area (Å²) in [6, 6.07) is 8.31. The Morgan fingerprint density at radius 3 is 3.15 bits per heavy atom. The quantitative estimate of drug-likeness (QED) is 0.724. The van der Waals surface area contributed by atoms with Crippen LogP contribution in [0.25, 0.3) is 10.9 Å². The van der Waals surface area contributed by atoms with E-state index >= 15 is 0 Å². The van der Waals surface area contributed by atoms with Crippen LogP contribution in [-0.4, -0.2) is 28.5 Å². The van der Waals surface area contributed by atoms with Gasteiger partial charge >= 0.3 is 0 Å². The first kappa shape index (κ1) is 12.7. The van der Waals surface area contributed by atoms with Crippen molar-refractivity contribution in [1.82, 2.24) is 14.8 Å². The molecule has 1 aromatic carbocycles. The normalized spacial score (nSPS) is 11.1. The Bertz CT molecular complexity index is 686. The van der Waals surface area contributed by atoms with Gasteiger partial charge in [-0.1, -0.05) is 18.2 Å². The summed E-state index contributed by atoms with van der Waals surface area (Å²) in [5.74, 6) is 0. The summed E-state index contributed by atoms with van der Waals surface area (Å²) in [6.45, 7) is 2.22. The summed E-state index contributed by atoms with van der Waals surface area (Å²) in [4.78, 5) is 3.28. The Morgan fingerprint density at radius 2 is 2.25 bits per heavy atom. The molecule has 0 atom stereocenters. The second kappa shape index (κ2) is 5.79. The largest absolute Gasteiger partial charge is 0.383 e. The molecule has 20 heavy (non-hydrogen) atoms. The van der Waals surface area contributed by atoms with Gasteiger partial charge in [0.2, 0.25) is 0 Å². The first-order valence-electron chi connectivity index (χ1n) is 6.67. The van der Waals surface area contributed by atoms with Crippen LogP contribution in [0.4, 0.5) is 5.69 Å². The van der Waals surface area contributed by atoms with Crippen LogP contribution in [0.2, 0.25) is 0 Å². The summed E-state index contributed by atoms with van der Waals surface area (Å²) in [5.41, 5.74) is 3.44. The number of H-pyrrole nitrogens is 1. The number of hydrogen-bond donors (Lipinski definition) is 2. The molecular weight excluding hydrogens is 252 g/mol. The molecular formula is C15H18N4O. The monoisotopic (exact) mass is 270 g/mol. The van der Waals surface area contributed by atoms with Gasteiger partial charge in [-0.3, -0.25) is 4.68 Å². The van der Waals surface area contributed by atoms with Crippen LogP contribution in [0.3, 0.4) is 0 Å². The number of nitrogens with zero attached hydrogens (tertiary/aromatic N) is 2. The highest BCUT2D eigenvalue weighted by molar-refractivity contribution is 5.83. The molecule has 2 aromatic heterocycles. The van der Waals surface area contributed by atoms with Gasteiger partial charge in [0.05, 0.1) is 25.0 Å². The number of benzene rings is 1. The van der Waals surface area contributed by atoms with Gasteiger partial charge in [-0.05, 0) is 11.6 Å². The lowest BCUT2D eigenvalue weighted by Crippen LogP contribution is -2.04. The highest BCUT2D eigenvalue weighted by Crippen LogP contribution is 2.18. The average molecular weight is 270 g/mol. The van der Waals surface area contributed by atoms with Crippen LogP contribution in [0.1, 0.15) is 5.56 Å². The van der Waals surface area contributed by atoms with E-state index in [0.29, 0.717) is 6.61 Å². The molecule has 0 aliphatic rings. The molecule has 104 valence electrons. The second-order valence-corrected chi connectivity index (χ2v) is 4.70. The molecule has 0 radical (unpaired) electrons. The van der Waals surface area contributed by atoms with Gasteiger partial charge in [-0.2, -0.15) is 5.10 Å². The lowest BCUT2D eigenvalue weighted by atomic mass is 10.2. The molecule has 3 aromatic rings. The smallest absolute Gasteiger partial charge is 0.0729 e. The number of hydrogen-bond acceptors (Lipinski definition) is 3. The zero-order valence-electron chi connectivity index (χ0n) is 11.5. The summed E-state index contributed by atoms with van der Waals surface area (Å²) >= 11 is 0. The highest BCUT2D eigenvalue weighted by Gasteiger charge is 2.03. The van der Waals surface area contributed by atoms with Crippen molar-refractivity contribution < 1.29 is 4.74 Å².